The normalized spacial score (nSPS) is 15.1. The fraction of sp³-hybridized carbons (Fsp3) is 0.333. The van der Waals surface area contributed by atoms with Gasteiger partial charge in [0.1, 0.15) is 5.69 Å². The molecule has 0 unspecified atom stereocenters. The number of likely N-dealkylation sites (tertiary alicyclic amines) is 1. The third-order valence-corrected chi connectivity index (χ3v) is 5.24. The van der Waals surface area contributed by atoms with Crippen molar-refractivity contribution < 1.29 is 4.79 Å². The van der Waals surface area contributed by atoms with Crippen LogP contribution in [-0.2, 0) is 13.5 Å². The van der Waals surface area contributed by atoms with Crippen LogP contribution in [0.25, 0.3) is 11.4 Å². The lowest BCUT2D eigenvalue weighted by atomic mass is 9.91. The fourth-order valence-electron chi connectivity index (χ4n) is 3.69. The lowest BCUT2D eigenvalue weighted by Gasteiger charge is -2.32. The maximum Gasteiger partial charge on any atom is 0.253 e. The monoisotopic (exact) mass is 361 g/mol. The minimum atomic E-state index is 0.129. The molecule has 4 rings (SSSR count). The number of carbonyl (C=O) groups is 1. The van der Waals surface area contributed by atoms with Crippen molar-refractivity contribution in [1.82, 2.24) is 24.4 Å². The van der Waals surface area contributed by atoms with Crippen LogP contribution in [0, 0.1) is 5.92 Å². The molecule has 1 saturated heterocycles. The number of imidazole rings is 1. The van der Waals surface area contributed by atoms with Crippen molar-refractivity contribution in [2.24, 2.45) is 13.0 Å². The van der Waals surface area contributed by atoms with Crippen molar-refractivity contribution in [1.29, 1.82) is 0 Å². The highest BCUT2D eigenvalue weighted by Crippen LogP contribution is 2.26. The smallest absolute Gasteiger partial charge is 0.253 e. The Morgan fingerprint density at radius 2 is 1.85 bits per heavy atom. The summed E-state index contributed by atoms with van der Waals surface area (Å²) < 4.78 is 1.97. The average Bonchev–Trinajstić information content (AvgIpc) is 3.15. The number of aryl methyl sites for hydroxylation is 1. The van der Waals surface area contributed by atoms with Crippen molar-refractivity contribution in [3.63, 3.8) is 0 Å². The first kappa shape index (κ1) is 17.4. The molecule has 138 valence electrons. The maximum atomic E-state index is 12.6. The standard InChI is InChI=1S/C21H23N5O/c1-25-15-22-14-19(25)20-18(23-9-10-24-20)13-16-7-11-26(12-8-16)21(27)17-5-3-2-4-6-17/h2-6,9-10,14-16H,7-8,11-13H2,1H3. The Hall–Kier alpha value is -3.02. The summed E-state index contributed by atoms with van der Waals surface area (Å²) in [6, 6.07) is 9.52. The van der Waals surface area contributed by atoms with Gasteiger partial charge in [-0.05, 0) is 37.3 Å². The van der Waals surface area contributed by atoms with Gasteiger partial charge in [0, 0.05) is 38.1 Å². The van der Waals surface area contributed by atoms with Gasteiger partial charge in [0.05, 0.1) is 23.9 Å². The van der Waals surface area contributed by atoms with E-state index >= 15 is 0 Å². The molecule has 0 bridgehead atoms. The molecule has 3 aromatic rings. The summed E-state index contributed by atoms with van der Waals surface area (Å²) in [4.78, 5) is 27.9. The first-order chi connectivity index (χ1) is 13.2. The second-order valence-corrected chi connectivity index (χ2v) is 7.05. The van der Waals surface area contributed by atoms with Crippen LogP contribution in [0.2, 0.25) is 0 Å². The summed E-state index contributed by atoms with van der Waals surface area (Å²) in [5.41, 5.74) is 3.66. The van der Waals surface area contributed by atoms with Crippen molar-refractivity contribution in [3.8, 4) is 11.4 Å². The van der Waals surface area contributed by atoms with Crippen molar-refractivity contribution in [3.05, 3.63) is 66.5 Å². The summed E-state index contributed by atoms with van der Waals surface area (Å²) >= 11 is 0. The summed E-state index contributed by atoms with van der Waals surface area (Å²) in [5.74, 6) is 0.637. The van der Waals surface area contributed by atoms with Crippen LogP contribution in [0.15, 0.2) is 55.2 Å². The van der Waals surface area contributed by atoms with Crippen LogP contribution in [0.3, 0.4) is 0 Å². The second-order valence-electron chi connectivity index (χ2n) is 7.05. The Bertz CT molecular complexity index is 913. The van der Waals surface area contributed by atoms with Gasteiger partial charge in [-0.25, -0.2) is 4.98 Å². The first-order valence-corrected chi connectivity index (χ1v) is 9.33. The number of aromatic nitrogens is 4. The largest absolute Gasteiger partial charge is 0.339 e. The zero-order valence-corrected chi connectivity index (χ0v) is 15.5. The SMILES string of the molecule is Cn1cncc1-c1nccnc1CC1CCN(C(=O)c2ccccc2)CC1. The summed E-state index contributed by atoms with van der Waals surface area (Å²) in [6.45, 7) is 1.58. The van der Waals surface area contributed by atoms with Gasteiger partial charge in [-0.1, -0.05) is 18.2 Å². The van der Waals surface area contributed by atoms with Gasteiger partial charge in [-0.15, -0.1) is 0 Å². The molecular weight excluding hydrogens is 338 g/mol. The molecule has 2 aromatic heterocycles. The molecule has 0 N–H and O–H groups in total. The predicted molar refractivity (Wildman–Crippen MR) is 103 cm³/mol. The molecule has 1 aliphatic rings. The van der Waals surface area contributed by atoms with Crippen molar-refractivity contribution >= 4 is 5.91 Å². The van der Waals surface area contributed by atoms with E-state index in [1.165, 1.54) is 0 Å². The maximum absolute atomic E-state index is 12.6. The molecule has 6 heteroatoms. The Morgan fingerprint density at radius 3 is 2.56 bits per heavy atom. The number of hydrogen-bond acceptors (Lipinski definition) is 4. The van der Waals surface area contributed by atoms with Crippen molar-refractivity contribution in [2.75, 3.05) is 13.1 Å². The molecule has 0 aliphatic carbocycles. The van der Waals surface area contributed by atoms with Crippen LogP contribution in [0.5, 0.6) is 0 Å². The Balaban J connectivity index is 1.42. The molecule has 0 atom stereocenters. The zero-order chi connectivity index (χ0) is 18.6. The third-order valence-electron chi connectivity index (χ3n) is 5.24. The molecular formula is C21H23N5O. The number of piperidine rings is 1. The summed E-state index contributed by atoms with van der Waals surface area (Å²) in [7, 11) is 1.97. The quantitative estimate of drug-likeness (QED) is 0.717. The lowest BCUT2D eigenvalue weighted by molar-refractivity contribution is 0.0690. The first-order valence-electron chi connectivity index (χ1n) is 9.33. The number of nitrogens with zero attached hydrogens (tertiary/aromatic N) is 5. The molecule has 27 heavy (non-hydrogen) atoms. The van der Waals surface area contributed by atoms with E-state index in [0.717, 1.165) is 55.0 Å². The van der Waals surface area contributed by atoms with Crippen LogP contribution >= 0.6 is 0 Å². The van der Waals surface area contributed by atoms with E-state index in [1.54, 1.807) is 18.7 Å². The molecule has 1 fully saturated rings. The van der Waals surface area contributed by atoms with Gasteiger partial charge in [0.2, 0.25) is 0 Å². The molecule has 3 heterocycles. The van der Waals surface area contributed by atoms with E-state index < -0.39 is 0 Å². The van der Waals surface area contributed by atoms with Gasteiger partial charge in [0.15, 0.2) is 0 Å². The highest BCUT2D eigenvalue weighted by Gasteiger charge is 2.25. The average molecular weight is 361 g/mol. The van der Waals surface area contributed by atoms with E-state index in [9.17, 15) is 4.79 Å². The topological polar surface area (TPSA) is 63.9 Å². The molecule has 1 amide bonds. The highest BCUT2D eigenvalue weighted by atomic mass is 16.2. The van der Waals surface area contributed by atoms with Crippen molar-refractivity contribution in [2.45, 2.75) is 19.3 Å². The summed E-state index contributed by atoms with van der Waals surface area (Å²) in [6.07, 6.45) is 9.94. The summed E-state index contributed by atoms with van der Waals surface area (Å²) in [5, 5.41) is 0. The van der Waals surface area contributed by atoms with Gasteiger partial charge in [-0.2, -0.15) is 0 Å². The van der Waals surface area contributed by atoms with Gasteiger partial charge >= 0.3 is 0 Å². The van der Waals surface area contributed by atoms with Gasteiger partial charge in [-0.3, -0.25) is 14.8 Å². The molecule has 1 aromatic carbocycles. The number of hydrogen-bond donors (Lipinski definition) is 0. The number of benzene rings is 1. The second kappa shape index (κ2) is 7.70. The molecule has 0 saturated carbocycles. The molecule has 0 radical (unpaired) electrons. The van der Waals surface area contributed by atoms with Crippen LogP contribution in [0.1, 0.15) is 28.9 Å². The Morgan fingerprint density at radius 1 is 1.11 bits per heavy atom. The highest BCUT2D eigenvalue weighted by molar-refractivity contribution is 5.94. The van der Waals surface area contributed by atoms with Crippen LogP contribution < -0.4 is 0 Å². The predicted octanol–water partition coefficient (Wildman–Crippen LogP) is 2.97. The lowest BCUT2D eigenvalue weighted by Crippen LogP contribution is -2.39. The third kappa shape index (κ3) is 3.74. The van der Waals surface area contributed by atoms with Gasteiger partial charge < -0.3 is 9.47 Å². The zero-order valence-electron chi connectivity index (χ0n) is 15.5. The van der Waals surface area contributed by atoms with E-state index in [2.05, 4.69) is 15.0 Å². The van der Waals surface area contributed by atoms with Crippen LogP contribution in [-0.4, -0.2) is 43.4 Å². The molecule has 6 nitrogen and oxygen atoms in total. The number of rotatable bonds is 4. The Labute approximate surface area is 158 Å². The van der Waals surface area contributed by atoms with Gasteiger partial charge in [0.25, 0.3) is 5.91 Å². The number of amides is 1. The molecule has 1 aliphatic heterocycles. The van der Waals surface area contributed by atoms with E-state index in [-0.39, 0.29) is 5.91 Å². The van der Waals surface area contributed by atoms with E-state index in [4.69, 9.17) is 0 Å². The minimum Gasteiger partial charge on any atom is -0.339 e. The van der Waals surface area contributed by atoms with Crippen LogP contribution in [0.4, 0.5) is 0 Å². The minimum absolute atomic E-state index is 0.129. The fourth-order valence-corrected chi connectivity index (χ4v) is 3.69. The number of carbonyl (C=O) groups excluding carboxylic acids is 1. The molecule has 0 spiro atoms. The Kier molecular flexibility index (Phi) is 4.96. The van der Waals surface area contributed by atoms with E-state index in [1.807, 2.05) is 53.0 Å². The van der Waals surface area contributed by atoms with E-state index in [0.29, 0.717) is 5.92 Å².